The van der Waals surface area contributed by atoms with Crippen molar-refractivity contribution in [2.75, 3.05) is 39.4 Å². The predicted octanol–water partition coefficient (Wildman–Crippen LogP) is 4.33. The van der Waals surface area contributed by atoms with Crippen molar-refractivity contribution in [3.63, 3.8) is 0 Å². The van der Waals surface area contributed by atoms with E-state index in [2.05, 4.69) is 4.90 Å². The summed E-state index contributed by atoms with van der Waals surface area (Å²) >= 11 is 0. The van der Waals surface area contributed by atoms with Gasteiger partial charge in [-0.15, -0.1) is 0 Å². The van der Waals surface area contributed by atoms with E-state index in [1.807, 2.05) is 26.0 Å². The Hall–Kier alpha value is -3.47. The summed E-state index contributed by atoms with van der Waals surface area (Å²) in [4.78, 5) is 12.8. The molecule has 0 atom stereocenters. The van der Waals surface area contributed by atoms with Crippen LogP contribution >= 0.6 is 0 Å². The summed E-state index contributed by atoms with van der Waals surface area (Å²) in [7, 11) is -3.66. The van der Waals surface area contributed by atoms with E-state index < -0.39 is 10.0 Å². The molecule has 4 rings (SSSR count). The van der Waals surface area contributed by atoms with Crippen LogP contribution in [0.3, 0.4) is 0 Å². The van der Waals surface area contributed by atoms with Gasteiger partial charge in [-0.05, 0) is 73.5 Å². The van der Waals surface area contributed by atoms with E-state index in [1.54, 1.807) is 12.1 Å². The zero-order valence-electron chi connectivity index (χ0n) is 21.4. The molecule has 0 saturated carbocycles. The van der Waals surface area contributed by atoms with Crippen LogP contribution in [0.5, 0.6) is 17.2 Å². The number of piperazine rings is 1. The molecule has 202 valence electrons. The highest BCUT2D eigenvalue weighted by Crippen LogP contribution is 2.40. The Bertz CT molecular complexity index is 1310. The number of ether oxygens (including phenoxy) is 3. The highest BCUT2D eigenvalue weighted by Gasteiger charge is 2.29. The minimum absolute atomic E-state index is 0.156. The van der Waals surface area contributed by atoms with Crippen molar-refractivity contribution in [3.05, 3.63) is 72.0 Å². The molecule has 0 aromatic heterocycles. The summed E-state index contributed by atoms with van der Waals surface area (Å²) in [5.41, 5.74) is 2.55. The van der Waals surface area contributed by atoms with Crippen molar-refractivity contribution in [3.8, 4) is 28.4 Å². The summed E-state index contributed by atoms with van der Waals surface area (Å²) in [6.45, 7) is 7.43. The maximum Gasteiger partial charge on any atom is 0.298 e. The largest absolute Gasteiger partial charge is 0.493 e. The summed E-state index contributed by atoms with van der Waals surface area (Å²) < 4.78 is 57.9. The number of carbonyl (C=O) groups is 1. The van der Waals surface area contributed by atoms with Crippen molar-refractivity contribution in [1.82, 2.24) is 9.21 Å². The van der Waals surface area contributed by atoms with Gasteiger partial charge in [0.1, 0.15) is 23.1 Å². The van der Waals surface area contributed by atoms with Gasteiger partial charge in [-0.3, -0.25) is 9.69 Å². The average molecular weight is 543 g/mol. The van der Waals surface area contributed by atoms with E-state index in [4.69, 9.17) is 14.2 Å². The molecule has 3 aromatic carbocycles. The summed E-state index contributed by atoms with van der Waals surface area (Å²) in [5.74, 6) is 1.28. The molecule has 0 N–H and O–H groups in total. The fourth-order valence-corrected chi connectivity index (χ4v) is 5.88. The molecule has 0 aliphatic carbocycles. The average Bonchev–Trinajstić information content (AvgIpc) is 2.91. The third-order valence-electron chi connectivity index (χ3n) is 6.24. The molecule has 38 heavy (non-hydrogen) atoms. The molecule has 8 nitrogen and oxygen atoms in total. The number of benzene rings is 3. The van der Waals surface area contributed by atoms with Crippen LogP contribution in [0.4, 0.5) is 4.39 Å². The number of nitrogens with zero attached hydrogens (tertiary/aromatic N) is 2. The molecule has 1 aliphatic rings. The van der Waals surface area contributed by atoms with Gasteiger partial charge in [0.25, 0.3) is 6.47 Å². The predicted molar refractivity (Wildman–Crippen MR) is 141 cm³/mol. The first kappa shape index (κ1) is 27.6. The van der Waals surface area contributed by atoms with Crippen molar-refractivity contribution < 1.29 is 31.8 Å². The molecule has 1 fully saturated rings. The fraction of sp³-hybridized carbons (Fsp3) is 0.321. The Balaban J connectivity index is 1.49. The molecule has 0 bridgehead atoms. The van der Waals surface area contributed by atoms with Gasteiger partial charge in [-0.25, -0.2) is 12.8 Å². The molecule has 1 heterocycles. The number of hydrogen-bond donors (Lipinski definition) is 0. The van der Waals surface area contributed by atoms with E-state index in [0.29, 0.717) is 63.9 Å². The lowest BCUT2D eigenvalue weighted by Gasteiger charge is -2.34. The second-order valence-corrected chi connectivity index (χ2v) is 10.6. The van der Waals surface area contributed by atoms with Gasteiger partial charge in [0.2, 0.25) is 10.0 Å². The maximum atomic E-state index is 13.5. The summed E-state index contributed by atoms with van der Waals surface area (Å²) in [5, 5.41) is 0. The minimum atomic E-state index is -3.66. The number of halogens is 1. The standard InChI is InChI=1S/C28H31FN2O6S/c1-3-35-26-17-21(18-27(36-4-2)28(26)22-5-7-23(29)8-6-22)19-30-13-15-31(16-14-30)38(33,34)25-11-9-24(10-12-25)37-20-32/h5-12,17-18,20H,3-4,13-16,19H2,1-2H3. The highest BCUT2D eigenvalue weighted by atomic mass is 32.2. The molecule has 0 spiro atoms. The lowest BCUT2D eigenvalue weighted by atomic mass is 10.0. The van der Waals surface area contributed by atoms with Crippen LogP contribution in [0.15, 0.2) is 65.6 Å². The smallest absolute Gasteiger partial charge is 0.298 e. The maximum absolute atomic E-state index is 13.5. The highest BCUT2D eigenvalue weighted by molar-refractivity contribution is 7.89. The fourth-order valence-electron chi connectivity index (χ4n) is 4.46. The normalized spacial score (nSPS) is 14.7. The van der Waals surface area contributed by atoms with Crippen LogP contribution in [0, 0.1) is 5.82 Å². The van der Waals surface area contributed by atoms with Crippen molar-refractivity contribution in [1.29, 1.82) is 0 Å². The van der Waals surface area contributed by atoms with Crippen molar-refractivity contribution >= 4 is 16.5 Å². The first-order valence-electron chi connectivity index (χ1n) is 12.5. The third-order valence-corrected chi connectivity index (χ3v) is 8.15. The number of sulfonamides is 1. The Kier molecular flexibility index (Phi) is 8.98. The second-order valence-electron chi connectivity index (χ2n) is 8.71. The second kappa shape index (κ2) is 12.4. The number of hydrogen-bond acceptors (Lipinski definition) is 7. The summed E-state index contributed by atoms with van der Waals surface area (Å²) in [6, 6.07) is 16.0. The number of carbonyl (C=O) groups excluding carboxylic acids is 1. The van der Waals surface area contributed by atoms with Gasteiger partial charge < -0.3 is 14.2 Å². The molecular weight excluding hydrogens is 511 g/mol. The quantitative estimate of drug-likeness (QED) is 0.334. The van der Waals surface area contributed by atoms with Crippen molar-refractivity contribution in [2.45, 2.75) is 25.3 Å². The topological polar surface area (TPSA) is 85.4 Å². The van der Waals surface area contributed by atoms with E-state index in [1.165, 1.54) is 40.7 Å². The molecule has 1 saturated heterocycles. The SMILES string of the molecule is CCOc1cc(CN2CCN(S(=O)(=O)c3ccc(OC=O)cc3)CC2)cc(OCC)c1-c1ccc(F)cc1. The van der Waals surface area contributed by atoms with Crippen LogP contribution in [0.25, 0.3) is 11.1 Å². The zero-order chi connectivity index (χ0) is 27.1. The van der Waals surface area contributed by atoms with E-state index in [-0.39, 0.29) is 16.5 Å². The van der Waals surface area contributed by atoms with Crippen LogP contribution < -0.4 is 14.2 Å². The molecular formula is C28H31FN2O6S. The monoisotopic (exact) mass is 542 g/mol. The van der Waals surface area contributed by atoms with Gasteiger partial charge in [0, 0.05) is 32.7 Å². The molecule has 1 aliphatic heterocycles. The van der Waals surface area contributed by atoms with Crippen molar-refractivity contribution in [2.24, 2.45) is 0 Å². The molecule has 0 amide bonds. The first-order valence-corrected chi connectivity index (χ1v) is 13.9. The zero-order valence-corrected chi connectivity index (χ0v) is 22.2. The van der Waals surface area contributed by atoms with E-state index in [0.717, 1.165) is 16.7 Å². The molecule has 3 aromatic rings. The summed E-state index contributed by atoms with van der Waals surface area (Å²) in [6.07, 6.45) is 0. The lowest BCUT2D eigenvalue weighted by Crippen LogP contribution is -2.48. The first-order chi connectivity index (χ1) is 18.3. The molecule has 0 radical (unpaired) electrons. The Morgan fingerprint density at radius 2 is 1.45 bits per heavy atom. The van der Waals surface area contributed by atoms with Gasteiger partial charge in [-0.1, -0.05) is 12.1 Å². The van der Waals surface area contributed by atoms with Gasteiger partial charge in [0.15, 0.2) is 0 Å². The van der Waals surface area contributed by atoms with Crippen LogP contribution in [-0.4, -0.2) is 63.5 Å². The Morgan fingerprint density at radius 3 is 1.97 bits per heavy atom. The lowest BCUT2D eigenvalue weighted by molar-refractivity contribution is -0.120. The van der Waals surface area contributed by atoms with Gasteiger partial charge in [-0.2, -0.15) is 4.31 Å². The van der Waals surface area contributed by atoms with E-state index >= 15 is 0 Å². The van der Waals surface area contributed by atoms with Gasteiger partial charge >= 0.3 is 0 Å². The Morgan fingerprint density at radius 1 is 0.868 bits per heavy atom. The van der Waals surface area contributed by atoms with Crippen LogP contribution in [0.1, 0.15) is 19.4 Å². The van der Waals surface area contributed by atoms with Crippen LogP contribution in [0.2, 0.25) is 0 Å². The number of rotatable bonds is 11. The van der Waals surface area contributed by atoms with E-state index in [9.17, 15) is 17.6 Å². The van der Waals surface area contributed by atoms with Crippen LogP contribution in [-0.2, 0) is 21.4 Å². The minimum Gasteiger partial charge on any atom is -0.493 e. The molecule has 0 unspecified atom stereocenters. The third kappa shape index (κ3) is 6.32. The Labute approximate surface area is 222 Å². The van der Waals surface area contributed by atoms with Gasteiger partial charge in [0.05, 0.1) is 23.7 Å². The molecule has 10 heteroatoms.